The summed E-state index contributed by atoms with van der Waals surface area (Å²) in [6.45, 7) is 9.46. The minimum absolute atomic E-state index is 0.155. The summed E-state index contributed by atoms with van der Waals surface area (Å²) in [6.07, 6.45) is 0. The van der Waals surface area contributed by atoms with E-state index in [0.29, 0.717) is 0 Å². The molecule has 0 fully saturated rings. The van der Waals surface area contributed by atoms with Gasteiger partial charge in [0.2, 0.25) is 0 Å². The topological polar surface area (TPSA) is 16.4 Å². The Labute approximate surface area is 361 Å². The van der Waals surface area contributed by atoms with Gasteiger partial charge in [0.05, 0.1) is 5.69 Å². The van der Waals surface area contributed by atoms with E-state index >= 15 is 0 Å². The fourth-order valence-corrected chi connectivity index (χ4v) is 11.4. The van der Waals surface area contributed by atoms with Crippen molar-refractivity contribution in [1.29, 1.82) is 0 Å². The molecule has 0 N–H and O–H groups in total. The molecule has 10 aromatic carbocycles. The molecule has 1 heterocycles. The molecule has 2 heteroatoms. The van der Waals surface area contributed by atoms with Crippen molar-refractivity contribution in [3.63, 3.8) is 0 Å². The monoisotopic (exact) mass is 793 g/mol. The van der Waals surface area contributed by atoms with Gasteiger partial charge < -0.3 is 9.32 Å². The molecule has 0 radical (unpaired) electrons. The first-order valence-electron chi connectivity index (χ1n) is 21.8. The van der Waals surface area contributed by atoms with Crippen molar-refractivity contribution in [2.24, 2.45) is 0 Å². The fraction of sp³-hybridized carbons (Fsp3) is 0.100. The van der Waals surface area contributed by atoms with Crippen LogP contribution >= 0.6 is 0 Å². The van der Waals surface area contributed by atoms with Crippen LogP contribution in [0.2, 0.25) is 0 Å². The number of rotatable bonds is 4. The maximum absolute atomic E-state index is 7.49. The number of fused-ring (bicyclic) bond motifs is 13. The lowest BCUT2D eigenvalue weighted by atomic mass is 9.82. The molecule has 0 spiro atoms. The summed E-state index contributed by atoms with van der Waals surface area (Å²) in [5.41, 5.74) is 17.7. The predicted octanol–water partition coefficient (Wildman–Crippen LogP) is 16.8. The first-order valence-corrected chi connectivity index (χ1v) is 21.8. The van der Waals surface area contributed by atoms with Gasteiger partial charge in [-0.05, 0) is 125 Å². The Bertz CT molecular complexity index is 3600. The summed E-state index contributed by atoms with van der Waals surface area (Å²) in [5, 5.41) is 9.52. The lowest BCUT2D eigenvalue weighted by molar-refractivity contribution is 0.659. The lowest BCUT2D eigenvalue weighted by Crippen LogP contribution is -2.18. The van der Waals surface area contributed by atoms with Gasteiger partial charge in [0.1, 0.15) is 5.58 Å². The van der Waals surface area contributed by atoms with E-state index in [0.717, 1.165) is 44.6 Å². The molecule has 13 rings (SSSR count). The summed E-state index contributed by atoms with van der Waals surface area (Å²) in [4.78, 5) is 2.45. The fourth-order valence-electron chi connectivity index (χ4n) is 11.4. The van der Waals surface area contributed by atoms with E-state index < -0.39 is 0 Å². The number of nitrogens with zero attached hydrogens (tertiary/aromatic N) is 1. The van der Waals surface area contributed by atoms with Gasteiger partial charge in [-0.15, -0.1) is 0 Å². The molecular weight excluding hydrogens is 751 g/mol. The molecule has 1 aromatic heterocycles. The van der Waals surface area contributed by atoms with E-state index in [-0.39, 0.29) is 10.8 Å². The summed E-state index contributed by atoms with van der Waals surface area (Å²) >= 11 is 0. The molecule has 294 valence electrons. The first-order chi connectivity index (χ1) is 30.3. The van der Waals surface area contributed by atoms with Crippen LogP contribution in [0.3, 0.4) is 0 Å². The summed E-state index contributed by atoms with van der Waals surface area (Å²) in [5.74, 6) is 0. The van der Waals surface area contributed by atoms with E-state index in [2.05, 4.69) is 221 Å². The Kier molecular flexibility index (Phi) is 7.16. The summed E-state index contributed by atoms with van der Waals surface area (Å²) in [7, 11) is 0. The highest BCUT2D eigenvalue weighted by atomic mass is 16.3. The first kappa shape index (κ1) is 35.3. The summed E-state index contributed by atoms with van der Waals surface area (Å²) in [6, 6.07) is 69.7. The van der Waals surface area contributed by atoms with Gasteiger partial charge in [-0.1, -0.05) is 173 Å². The molecule has 0 bridgehead atoms. The number of anilines is 3. The second-order valence-corrected chi connectivity index (χ2v) is 18.4. The third kappa shape index (κ3) is 4.75. The average Bonchev–Trinajstić information content (AvgIpc) is 3.88. The molecule has 0 aliphatic heterocycles. The maximum atomic E-state index is 7.49. The van der Waals surface area contributed by atoms with Gasteiger partial charge in [0, 0.05) is 38.5 Å². The highest BCUT2D eigenvalue weighted by Crippen LogP contribution is 2.54. The highest BCUT2D eigenvalue weighted by molar-refractivity contribution is 6.24. The second-order valence-electron chi connectivity index (χ2n) is 18.4. The van der Waals surface area contributed by atoms with Crippen LogP contribution in [0.25, 0.3) is 87.6 Å². The Balaban J connectivity index is 1.10. The smallest absolute Gasteiger partial charge is 0.159 e. The number of benzene rings is 10. The predicted molar refractivity (Wildman–Crippen MR) is 261 cm³/mol. The largest absolute Gasteiger partial charge is 0.453 e. The van der Waals surface area contributed by atoms with Crippen molar-refractivity contribution in [2.45, 2.75) is 38.5 Å². The lowest BCUT2D eigenvalue weighted by Gasteiger charge is -2.29. The molecule has 2 aliphatic carbocycles. The number of hydrogen-bond donors (Lipinski definition) is 0. The van der Waals surface area contributed by atoms with Crippen LogP contribution in [0.15, 0.2) is 192 Å². The van der Waals surface area contributed by atoms with Crippen molar-refractivity contribution in [1.82, 2.24) is 0 Å². The second kappa shape index (κ2) is 12.6. The molecular formula is C60H43NO. The SMILES string of the molecule is CC1(C)c2ccccc2-c2ccc(N(c3ccc4c(c3)C(C)(C)c3ccccc3-4)c3cccc4c3oc3c(-c5cc6ccccc6c6ccccc56)c5ccccc5cc34)cc21. The molecule has 0 atom stereocenters. The zero-order valence-corrected chi connectivity index (χ0v) is 35.3. The molecule has 2 nitrogen and oxygen atoms in total. The van der Waals surface area contributed by atoms with Gasteiger partial charge in [0.25, 0.3) is 0 Å². The standard InChI is InChI=1S/C60H43NO/c1-59(2)51-25-13-11-22-44(51)46-30-28-38(34-53(46)59)61(39-29-31-47-45-23-12-14-26-52(45)60(3,4)54(47)35-39)55-27-15-24-48-50-33-37-17-6-8-19-41(37)56(58(50)62-57(48)55)49-32-36-16-5-7-18-40(36)42-20-9-10-21-43(42)49/h5-35H,1-4H3. The minimum Gasteiger partial charge on any atom is -0.453 e. The molecule has 0 unspecified atom stereocenters. The van der Waals surface area contributed by atoms with Crippen molar-refractivity contribution in [2.75, 3.05) is 4.90 Å². The van der Waals surface area contributed by atoms with E-state index in [1.54, 1.807) is 0 Å². The zero-order valence-electron chi connectivity index (χ0n) is 35.3. The molecule has 11 aromatic rings. The minimum atomic E-state index is -0.155. The maximum Gasteiger partial charge on any atom is 0.159 e. The van der Waals surface area contributed by atoms with Gasteiger partial charge >= 0.3 is 0 Å². The van der Waals surface area contributed by atoms with Crippen molar-refractivity contribution in [3.8, 4) is 33.4 Å². The van der Waals surface area contributed by atoms with Crippen molar-refractivity contribution < 1.29 is 4.42 Å². The average molecular weight is 794 g/mol. The summed E-state index contributed by atoms with van der Waals surface area (Å²) < 4.78 is 7.49. The number of furan rings is 1. The molecule has 62 heavy (non-hydrogen) atoms. The van der Waals surface area contributed by atoms with Crippen LogP contribution in [-0.4, -0.2) is 0 Å². The number of hydrogen-bond acceptors (Lipinski definition) is 2. The van der Waals surface area contributed by atoms with E-state index in [9.17, 15) is 0 Å². The van der Waals surface area contributed by atoms with Gasteiger partial charge in [0.15, 0.2) is 5.58 Å². The normalized spacial score (nSPS) is 14.4. The van der Waals surface area contributed by atoms with Crippen LogP contribution < -0.4 is 4.90 Å². The van der Waals surface area contributed by atoms with E-state index in [1.165, 1.54) is 82.4 Å². The van der Waals surface area contributed by atoms with E-state index in [1.807, 2.05) is 0 Å². The Morgan fingerprint density at radius 1 is 0.339 bits per heavy atom. The van der Waals surface area contributed by atoms with Gasteiger partial charge in [-0.2, -0.15) is 0 Å². The van der Waals surface area contributed by atoms with Crippen molar-refractivity contribution >= 4 is 71.3 Å². The third-order valence-electron chi connectivity index (χ3n) is 14.4. The number of para-hydroxylation sites is 1. The Hall–Kier alpha value is -7.42. The van der Waals surface area contributed by atoms with Crippen LogP contribution in [-0.2, 0) is 10.8 Å². The molecule has 2 aliphatic rings. The van der Waals surface area contributed by atoms with Crippen LogP contribution in [0.1, 0.15) is 49.9 Å². The van der Waals surface area contributed by atoms with Gasteiger partial charge in [-0.25, -0.2) is 0 Å². The van der Waals surface area contributed by atoms with Crippen molar-refractivity contribution in [3.05, 3.63) is 210 Å². The van der Waals surface area contributed by atoms with Gasteiger partial charge in [-0.3, -0.25) is 0 Å². The molecule has 0 amide bonds. The van der Waals surface area contributed by atoms with E-state index in [4.69, 9.17) is 4.42 Å². The quantitative estimate of drug-likeness (QED) is 0.165. The zero-order chi connectivity index (χ0) is 41.5. The Morgan fingerprint density at radius 2 is 0.839 bits per heavy atom. The van der Waals surface area contributed by atoms with Crippen LogP contribution in [0.5, 0.6) is 0 Å². The van der Waals surface area contributed by atoms with Crippen LogP contribution in [0, 0.1) is 0 Å². The molecule has 0 saturated heterocycles. The van der Waals surface area contributed by atoms with Crippen LogP contribution in [0.4, 0.5) is 17.1 Å². The Morgan fingerprint density at radius 3 is 1.48 bits per heavy atom. The molecule has 0 saturated carbocycles. The highest BCUT2D eigenvalue weighted by Gasteiger charge is 2.38. The third-order valence-corrected chi connectivity index (χ3v) is 14.4.